The quantitative estimate of drug-likeness (QED) is 0.773. The molecule has 0 aliphatic rings. The molecule has 0 atom stereocenters. The fourth-order valence-electron chi connectivity index (χ4n) is 2.31. The van der Waals surface area contributed by atoms with E-state index in [0.29, 0.717) is 6.54 Å². The standard InChI is InChI=1S/C17H19N5S/c1-4-14-9-16(19-10-15-11(2)23-12(3)20-15)22-17(21-14)13-5-7-18-8-6-13/h5-9H,4,10H2,1-3H3,(H,19,21,22). The van der Waals surface area contributed by atoms with E-state index in [9.17, 15) is 0 Å². The molecule has 3 aromatic heterocycles. The molecule has 0 saturated carbocycles. The average Bonchev–Trinajstić information content (AvgIpc) is 2.91. The SMILES string of the molecule is CCc1cc(NCc2nc(C)sc2C)nc(-c2ccncc2)n1. The minimum Gasteiger partial charge on any atom is -0.364 e. The molecule has 0 bridgehead atoms. The van der Waals surface area contributed by atoms with Gasteiger partial charge in [-0.05, 0) is 32.4 Å². The molecule has 3 heterocycles. The van der Waals surface area contributed by atoms with E-state index >= 15 is 0 Å². The number of thiazole rings is 1. The van der Waals surface area contributed by atoms with Crippen molar-refractivity contribution in [1.29, 1.82) is 0 Å². The van der Waals surface area contributed by atoms with E-state index < -0.39 is 0 Å². The molecule has 3 aromatic rings. The first-order chi connectivity index (χ1) is 11.2. The molecule has 118 valence electrons. The number of anilines is 1. The number of nitrogens with zero attached hydrogens (tertiary/aromatic N) is 4. The Balaban J connectivity index is 1.85. The van der Waals surface area contributed by atoms with Crippen molar-refractivity contribution in [2.24, 2.45) is 0 Å². The van der Waals surface area contributed by atoms with Gasteiger partial charge in [0.2, 0.25) is 0 Å². The highest BCUT2D eigenvalue weighted by molar-refractivity contribution is 7.11. The summed E-state index contributed by atoms with van der Waals surface area (Å²) in [6.07, 6.45) is 4.38. The van der Waals surface area contributed by atoms with Crippen molar-refractivity contribution in [3.8, 4) is 11.4 Å². The monoisotopic (exact) mass is 325 g/mol. The molecule has 0 aliphatic carbocycles. The number of nitrogens with one attached hydrogen (secondary N) is 1. The van der Waals surface area contributed by atoms with Crippen LogP contribution in [0.2, 0.25) is 0 Å². The summed E-state index contributed by atoms with van der Waals surface area (Å²) in [6, 6.07) is 5.85. The molecule has 1 N–H and O–H groups in total. The van der Waals surface area contributed by atoms with Crippen LogP contribution in [0.3, 0.4) is 0 Å². The number of hydrogen-bond donors (Lipinski definition) is 1. The predicted molar refractivity (Wildman–Crippen MR) is 93.6 cm³/mol. The van der Waals surface area contributed by atoms with Crippen LogP contribution in [0.4, 0.5) is 5.82 Å². The summed E-state index contributed by atoms with van der Waals surface area (Å²) in [5, 5.41) is 4.47. The lowest BCUT2D eigenvalue weighted by atomic mass is 10.2. The molecule has 23 heavy (non-hydrogen) atoms. The topological polar surface area (TPSA) is 63.6 Å². The maximum Gasteiger partial charge on any atom is 0.161 e. The van der Waals surface area contributed by atoms with E-state index in [4.69, 9.17) is 0 Å². The zero-order valence-electron chi connectivity index (χ0n) is 13.5. The van der Waals surface area contributed by atoms with Crippen molar-refractivity contribution in [2.45, 2.75) is 33.7 Å². The first kappa shape index (κ1) is 15.6. The molecular weight excluding hydrogens is 306 g/mol. The molecule has 0 spiro atoms. The van der Waals surface area contributed by atoms with Gasteiger partial charge in [-0.2, -0.15) is 0 Å². The highest BCUT2D eigenvalue weighted by Crippen LogP contribution is 2.20. The largest absolute Gasteiger partial charge is 0.364 e. The molecule has 0 saturated heterocycles. The normalized spacial score (nSPS) is 10.7. The second-order valence-electron chi connectivity index (χ2n) is 5.25. The fourth-order valence-corrected chi connectivity index (χ4v) is 3.14. The van der Waals surface area contributed by atoms with Gasteiger partial charge in [-0.3, -0.25) is 4.98 Å². The van der Waals surface area contributed by atoms with Crippen LogP contribution in [0.1, 0.15) is 28.2 Å². The molecule has 0 aliphatic heterocycles. The number of aromatic nitrogens is 4. The highest BCUT2D eigenvalue weighted by Gasteiger charge is 2.08. The van der Waals surface area contributed by atoms with Gasteiger partial charge in [-0.1, -0.05) is 6.92 Å². The summed E-state index contributed by atoms with van der Waals surface area (Å²) < 4.78 is 0. The molecular formula is C17H19N5S. The molecule has 0 unspecified atom stereocenters. The molecule has 0 fully saturated rings. The maximum absolute atomic E-state index is 4.63. The van der Waals surface area contributed by atoms with Crippen LogP contribution in [-0.4, -0.2) is 19.9 Å². The molecule has 0 amide bonds. The zero-order chi connectivity index (χ0) is 16.2. The third kappa shape index (κ3) is 3.71. The van der Waals surface area contributed by atoms with E-state index in [-0.39, 0.29) is 0 Å². The molecule has 0 aromatic carbocycles. The third-order valence-corrected chi connectivity index (χ3v) is 4.45. The summed E-state index contributed by atoms with van der Waals surface area (Å²) in [5.74, 6) is 1.55. The lowest BCUT2D eigenvalue weighted by molar-refractivity contribution is 0.978. The molecule has 6 heteroatoms. The van der Waals surface area contributed by atoms with E-state index in [2.05, 4.69) is 39.1 Å². The highest BCUT2D eigenvalue weighted by atomic mass is 32.1. The summed E-state index contributed by atoms with van der Waals surface area (Å²) in [7, 11) is 0. The van der Waals surface area contributed by atoms with Crippen LogP contribution in [-0.2, 0) is 13.0 Å². The van der Waals surface area contributed by atoms with Gasteiger partial charge in [-0.25, -0.2) is 15.0 Å². The lowest BCUT2D eigenvalue weighted by Crippen LogP contribution is -2.06. The zero-order valence-corrected chi connectivity index (χ0v) is 14.3. The van der Waals surface area contributed by atoms with Crippen LogP contribution in [0.25, 0.3) is 11.4 Å². The second-order valence-corrected chi connectivity index (χ2v) is 6.65. The average molecular weight is 325 g/mol. The molecule has 5 nitrogen and oxygen atoms in total. The Morgan fingerprint density at radius 3 is 2.52 bits per heavy atom. The Labute approximate surface area is 139 Å². The number of pyridine rings is 1. The Morgan fingerprint density at radius 1 is 1.09 bits per heavy atom. The maximum atomic E-state index is 4.63. The van der Waals surface area contributed by atoms with Crippen molar-refractivity contribution in [3.05, 3.63) is 51.9 Å². The van der Waals surface area contributed by atoms with Crippen LogP contribution in [0, 0.1) is 13.8 Å². The van der Waals surface area contributed by atoms with Crippen LogP contribution in [0.5, 0.6) is 0 Å². The fraction of sp³-hybridized carbons (Fsp3) is 0.294. The Morgan fingerprint density at radius 2 is 1.87 bits per heavy atom. The first-order valence-corrected chi connectivity index (χ1v) is 8.42. The number of hydrogen-bond acceptors (Lipinski definition) is 6. The Bertz CT molecular complexity index is 798. The summed E-state index contributed by atoms with van der Waals surface area (Å²) in [4.78, 5) is 19.1. The van der Waals surface area contributed by atoms with Crippen molar-refractivity contribution >= 4 is 17.2 Å². The van der Waals surface area contributed by atoms with E-state index in [0.717, 1.165) is 40.0 Å². The van der Waals surface area contributed by atoms with Crippen molar-refractivity contribution < 1.29 is 0 Å². The van der Waals surface area contributed by atoms with Crippen LogP contribution >= 0.6 is 11.3 Å². The van der Waals surface area contributed by atoms with Gasteiger partial charge in [0.1, 0.15) is 5.82 Å². The van der Waals surface area contributed by atoms with Gasteiger partial charge in [0.25, 0.3) is 0 Å². The van der Waals surface area contributed by atoms with Gasteiger partial charge >= 0.3 is 0 Å². The van der Waals surface area contributed by atoms with Gasteiger partial charge < -0.3 is 5.32 Å². The lowest BCUT2D eigenvalue weighted by Gasteiger charge is -2.09. The Kier molecular flexibility index (Phi) is 4.62. The number of rotatable bonds is 5. The second kappa shape index (κ2) is 6.83. The van der Waals surface area contributed by atoms with Crippen LogP contribution < -0.4 is 5.32 Å². The Hall–Kier alpha value is -2.34. The summed E-state index contributed by atoms with van der Waals surface area (Å²) in [5.41, 5.74) is 3.06. The van der Waals surface area contributed by atoms with Gasteiger partial charge in [0.15, 0.2) is 5.82 Å². The third-order valence-electron chi connectivity index (χ3n) is 3.52. The minimum absolute atomic E-state index is 0.673. The van der Waals surface area contributed by atoms with E-state index in [1.165, 1.54) is 4.88 Å². The molecule has 3 rings (SSSR count). The van der Waals surface area contributed by atoms with Crippen LogP contribution in [0.15, 0.2) is 30.6 Å². The smallest absolute Gasteiger partial charge is 0.161 e. The van der Waals surface area contributed by atoms with E-state index in [1.54, 1.807) is 23.7 Å². The molecule has 0 radical (unpaired) electrons. The summed E-state index contributed by atoms with van der Waals surface area (Å²) in [6.45, 7) is 6.90. The number of aryl methyl sites for hydroxylation is 3. The van der Waals surface area contributed by atoms with Gasteiger partial charge in [-0.15, -0.1) is 11.3 Å². The van der Waals surface area contributed by atoms with Crippen molar-refractivity contribution in [2.75, 3.05) is 5.32 Å². The predicted octanol–water partition coefficient (Wildman–Crippen LogP) is 3.79. The van der Waals surface area contributed by atoms with Gasteiger partial charge in [0.05, 0.1) is 17.2 Å². The van der Waals surface area contributed by atoms with Crippen molar-refractivity contribution in [1.82, 2.24) is 19.9 Å². The van der Waals surface area contributed by atoms with E-state index in [1.807, 2.05) is 25.1 Å². The summed E-state index contributed by atoms with van der Waals surface area (Å²) >= 11 is 1.72. The minimum atomic E-state index is 0.673. The first-order valence-electron chi connectivity index (χ1n) is 7.61. The van der Waals surface area contributed by atoms with Crippen molar-refractivity contribution in [3.63, 3.8) is 0 Å². The van der Waals surface area contributed by atoms with Gasteiger partial charge in [0, 0.05) is 34.6 Å².